The Balaban J connectivity index is 1.97. The smallest absolute Gasteiger partial charge is 0.132 e. The number of nitrogens with zero attached hydrogens (tertiary/aromatic N) is 2. The molecule has 0 amide bonds. The Labute approximate surface area is 129 Å². The summed E-state index contributed by atoms with van der Waals surface area (Å²) >= 11 is 11.9. The highest BCUT2D eigenvalue weighted by atomic mass is 35.5. The molecular formula is C15H17Cl2N3. The van der Waals surface area contributed by atoms with Crippen molar-refractivity contribution in [2.75, 3.05) is 6.54 Å². The fraction of sp³-hybridized carbons (Fsp3) is 0.333. The molecule has 0 aliphatic carbocycles. The number of nitrogens with one attached hydrogen (secondary N) is 1. The highest BCUT2D eigenvalue weighted by Crippen LogP contribution is 2.23. The molecule has 0 bridgehead atoms. The molecule has 0 atom stereocenters. The third-order valence-electron chi connectivity index (χ3n) is 2.86. The van der Waals surface area contributed by atoms with Gasteiger partial charge in [0.1, 0.15) is 5.82 Å². The highest BCUT2D eigenvalue weighted by Gasteiger charge is 2.03. The van der Waals surface area contributed by atoms with Crippen LogP contribution in [0.5, 0.6) is 0 Å². The van der Waals surface area contributed by atoms with Crippen molar-refractivity contribution in [3.05, 3.63) is 57.6 Å². The molecule has 1 N–H and O–H groups in total. The van der Waals surface area contributed by atoms with Crippen molar-refractivity contribution in [3.63, 3.8) is 0 Å². The Morgan fingerprint density at radius 2 is 1.80 bits per heavy atom. The maximum atomic E-state index is 6.00. The molecule has 20 heavy (non-hydrogen) atoms. The van der Waals surface area contributed by atoms with E-state index in [4.69, 9.17) is 23.2 Å². The van der Waals surface area contributed by atoms with Crippen LogP contribution in [0.4, 0.5) is 0 Å². The van der Waals surface area contributed by atoms with Crippen molar-refractivity contribution in [3.8, 4) is 0 Å². The van der Waals surface area contributed by atoms with E-state index >= 15 is 0 Å². The number of halogens is 2. The van der Waals surface area contributed by atoms with Gasteiger partial charge in [-0.3, -0.25) is 0 Å². The van der Waals surface area contributed by atoms with E-state index in [9.17, 15) is 0 Å². The van der Waals surface area contributed by atoms with Crippen molar-refractivity contribution < 1.29 is 0 Å². The standard InChI is InChI=1S/C15H17Cl2N3/c1-2-5-18-8-12-9-19-15(20-10-12)7-11-3-4-13(16)14(17)6-11/h3-4,6,9-10,18H,2,5,7-8H2,1H3. The third-order valence-corrected chi connectivity index (χ3v) is 3.60. The molecule has 0 aliphatic rings. The summed E-state index contributed by atoms with van der Waals surface area (Å²) in [6.07, 6.45) is 5.50. The van der Waals surface area contributed by atoms with E-state index in [1.54, 1.807) is 6.07 Å². The summed E-state index contributed by atoms with van der Waals surface area (Å²) in [6, 6.07) is 5.58. The van der Waals surface area contributed by atoms with Crippen LogP contribution < -0.4 is 5.32 Å². The Kier molecular flexibility index (Phi) is 5.77. The third kappa shape index (κ3) is 4.44. The minimum atomic E-state index is 0.560. The van der Waals surface area contributed by atoms with Crippen LogP contribution in [0.2, 0.25) is 10.0 Å². The van der Waals surface area contributed by atoms with Gasteiger partial charge in [-0.15, -0.1) is 0 Å². The molecule has 0 aliphatic heterocycles. The fourth-order valence-corrected chi connectivity index (χ4v) is 2.13. The summed E-state index contributed by atoms with van der Waals surface area (Å²) in [5.41, 5.74) is 2.15. The zero-order chi connectivity index (χ0) is 14.4. The number of hydrogen-bond acceptors (Lipinski definition) is 3. The lowest BCUT2D eigenvalue weighted by Crippen LogP contribution is -2.14. The van der Waals surface area contributed by atoms with E-state index in [-0.39, 0.29) is 0 Å². The molecule has 0 spiro atoms. The normalized spacial score (nSPS) is 10.8. The van der Waals surface area contributed by atoms with E-state index in [1.165, 1.54) is 0 Å². The Hall–Kier alpha value is -1.16. The monoisotopic (exact) mass is 309 g/mol. The Morgan fingerprint density at radius 1 is 1.05 bits per heavy atom. The SMILES string of the molecule is CCCNCc1cnc(Cc2ccc(Cl)c(Cl)c2)nc1. The van der Waals surface area contributed by atoms with Gasteiger partial charge in [0.05, 0.1) is 10.0 Å². The summed E-state index contributed by atoms with van der Waals surface area (Å²) in [5, 5.41) is 4.45. The van der Waals surface area contributed by atoms with Gasteiger partial charge in [0, 0.05) is 30.9 Å². The van der Waals surface area contributed by atoms with E-state index in [1.807, 2.05) is 24.5 Å². The first kappa shape index (κ1) is 15.2. The largest absolute Gasteiger partial charge is 0.313 e. The van der Waals surface area contributed by atoms with Crippen molar-refractivity contribution in [2.45, 2.75) is 26.3 Å². The Morgan fingerprint density at radius 3 is 2.45 bits per heavy atom. The van der Waals surface area contributed by atoms with Gasteiger partial charge in [0.25, 0.3) is 0 Å². The van der Waals surface area contributed by atoms with Crippen molar-refractivity contribution in [2.24, 2.45) is 0 Å². The zero-order valence-corrected chi connectivity index (χ0v) is 12.9. The van der Waals surface area contributed by atoms with Gasteiger partial charge in [-0.25, -0.2) is 9.97 Å². The van der Waals surface area contributed by atoms with Crippen LogP contribution in [0.1, 0.15) is 30.3 Å². The number of rotatable bonds is 6. The summed E-state index contributed by atoms with van der Waals surface area (Å²) in [6.45, 7) is 3.95. The average Bonchev–Trinajstić information content (AvgIpc) is 2.45. The number of benzene rings is 1. The zero-order valence-electron chi connectivity index (χ0n) is 11.4. The second-order valence-electron chi connectivity index (χ2n) is 4.61. The molecule has 2 rings (SSSR count). The maximum Gasteiger partial charge on any atom is 0.132 e. The molecular weight excluding hydrogens is 293 g/mol. The predicted octanol–water partition coefficient (Wildman–Crippen LogP) is 3.87. The number of aromatic nitrogens is 2. The van der Waals surface area contributed by atoms with Crippen LogP contribution in [0, 0.1) is 0 Å². The van der Waals surface area contributed by atoms with Crippen molar-refractivity contribution in [1.82, 2.24) is 15.3 Å². The molecule has 1 aromatic heterocycles. The van der Waals surface area contributed by atoms with Gasteiger partial charge >= 0.3 is 0 Å². The first-order valence-corrected chi connectivity index (χ1v) is 7.39. The second kappa shape index (κ2) is 7.58. The van der Waals surface area contributed by atoms with Crippen molar-refractivity contribution in [1.29, 1.82) is 0 Å². The molecule has 5 heteroatoms. The lowest BCUT2D eigenvalue weighted by molar-refractivity contribution is 0.670. The second-order valence-corrected chi connectivity index (χ2v) is 5.42. The van der Waals surface area contributed by atoms with Crippen LogP contribution >= 0.6 is 23.2 Å². The first-order valence-electron chi connectivity index (χ1n) is 6.63. The van der Waals surface area contributed by atoms with Gasteiger partial charge in [0.2, 0.25) is 0 Å². The fourth-order valence-electron chi connectivity index (χ4n) is 1.81. The number of hydrogen-bond donors (Lipinski definition) is 1. The molecule has 0 saturated carbocycles. The van der Waals surface area contributed by atoms with E-state index in [2.05, 4.69) is 22.2 Å². The van der Waals surface area contributed by atoms with Gasteiger partial charge in [-0.2, -0.15) is 0 Å². The van der Waals surface area contributed by atoms with Crippen LogP contribution in [0.25, 0.3) is 0 Å². The topological polar surface area (TPSA) is 37.8 Å². The van der Waals surface area contributed by atoms with Crippen LogP contribution in [-0.4, -0.2) is 16.5 Å². The molecule has 0 radical (unpaired) electrons. The lowest BCUT2D eigenvalue weighted by Gasteiger charge is -2.05. The van der Waals surface area contributed by atoms with Gasteiger partial charge in [-0.05, 0) is 30.7 Å². The summed E-state index contributed by atoms with van der Waals surface area (Å²) in [5.74, 6) is 0.780. The van der Waals surface area contributed by atoms with Gasteiger partial charge in [0.15, 0.2) is 0 Å². The van der Waals surface area contributed by atoms with Crippen LogP contribution in [0.15, 0.2) is 30.6 Å². The summed E-state index contributed by atoms with van der Waals surface area (Å²) in [4.78, 5) is 8.76. The minimum absolute atomic E-state index is 0.560. The van der Waals surface area contributed by atoms with E-state index in [0.717, 1.165) is 36.5 Å². The first-order chi connectivity index (χ1) is 9.69. The molecule has 3 nitrogen and oxygen atoms in total. The molecule has 2 aromatic rings. The molecule has 0 saturated heterocycles. The summed E-state index contributed by atoms with van der Waals surface area (Å²) in [7, 11) is 0. The maximum absolute atomic E-state index is 6.00. The average molecular weight is 310 g/mol. The molecule has 106 valence electrons. The molecule has 0 fully saturated rings. The molecule has 1 heterocycles. The summed E-state index contributed by atoms with van der Waals surface area (Å²) < 4.78 is 0. The van der Waals surface area contributed by atoms with E-state index in [0.29, 0.717) is 16.5 Å². The minimum Gasteiger partial charge on any atom is -0.313 e. The highest BCUT2D eigenvalue weighted by molar-refractivity contribution is 6.42. The van der Waals surface area contributed by atoms with Gasteiger partial charge < -0.3 is 5.32 Å². The predicted molar refractivity (Wildman–Crippen MR) is 83.3 cm³/mol. The molecule has 0 unspecified atom stereocenters. The lowest BCUT2D eigenvalue weighted by atomic mass is 10.1. The van der Waals surface area contributed by atoms with E-state index < -0.39 is 0 Å². The van der Waals surface area contributed by atoms with Crippen molar-refractivity contribution >= 4 is 23.2 Å². The quantitative estimate of drug-likeness (QED) is 0.823. The van der Waals surface area contributed by atoms with Gasteiger partial charge in [-0.1, -0.05) is 36.2 Å². The van der Waals surface area contributed by atoms with Crippen LogP contribution in [0.3, 0.4) is 0 Å². The molecule has 1 aromatic carbocycles. The van der Waals surface area contributed by atoms with Crippen LogP contribution in [-0.2, 0) is 13.0 Å². The Bertz CT molecular complexity index is 556.